The van der Waals surface area contributed by atoms with E-state index in [0.717, 1.165) is 22.5 Å². The summed E-state index contributed by atoms with van der Waals surface area (Å²) in [5.74, 6) is 1.01. The zero-order valence-electron chi connectivity index (χ0n) is 29.7. The van der Waals surface area contributed by atoms with Gasteiger partial charge >= 0.3 is 11.9 Å². The minimum absolute atomic E-state index is 0.0252. The van der Waals surface area contributed by atoms with Crippen LogP contribution in [-0.4, -0.2) is 75.5 Å². The van der Waals surface area contributed by atoms with Crippen LogP contribution in [0.3, 0.4) is 0 Å². The van der Waals surface area contributed by atoms with Crippen molar-refractivity contribution in [3.63, 3.8) is 0 Å². The summed E-state index contributed by atoms with van der Waals surface area (Å²) in [4.78, 5) is 18.8. The average Bonchev–Trinajstić information content (AvgIpc) is 3.15. The van der Waals surface area contributed by atoms with Gasteiger partial charge in [-0.3, -0.25) is 20.6 Å². The molecule has 2 aliphatic rings. The maximum Gasteiger partial charge on any atom is 0.348 e. The second kappa shape index (κ2) is 17.3. The number of carbonyl (C=O) groups is 2. The van der Waals surface area contributed by atoms with Crippen molar-refractivity contribution >= 4 is 35.2 Å². The molecule has 2 aliphatic heterocycles. The summed E-state index contributed by atoms with van der Waals surface area (Å²) in [7, 11) is 10.5. The molecule has 0 aromatic heterocycles. The van der Waals surface area contributed by atoms with Crippen LogP contribution < -0.4 is 51.3 Å². The van der Waals surface area contributed by atoms with Gasteiger partial charge in [-0.25, -0.2) is 10.6 Å². The largest absolute Gasteiger partial charge is 0.545 e. The van der Waals surface area contributed by atoms with Gasteiger partial charge in [0.25, 0.3) is 0 Å². The number of nitrogens with one attached hydrogen (secondary N) is 2. The molecular weight excluding hydrogens is 668 g/mol. The first-order valence-electron chi connectivity index (χ1n) is 15.9. The van der Waals surface area contributed by atoms with E-state index in [0.29, 0.717) is 47.1 Å². The van der Waals surface area contributed by atoms with Gasteiger partial charge in [0.05, 0.1) is 54.5 Å². The molecule has 4 aromatic rings. The number of fused-ring (bicyclic) bond motifs is 2. The van der Waals surface area contributed by atoms with Crippen molar-refractivity contribution in [1.82, 2.24) is 0 Å². The number of para-hydroxylation sites is 2. The number of ether oxygens (including phenoxy) is 4. The number of methoxy groups -OCH3 is 4. The molecule has 0 aliphatic carbocycles. The summed E-state index contributed by atoms with van der Waals surface area (Å²) < 4.78 is 25.5. The molecule has 4 aromatic carbocycles. The SMILES string of the molecule is COc1ccc(C2c3ccccc3NC(N)=[N+]2C)cc1OC.COc1ccc(C2c3ccccc3NC(N)=[N+]2C)cc1OC.O=C([O-])/C=C/C(=O)[O-]. The van der Waals surface area contributed by atoms with Gasteiger partial charge in [0, 0.05) is 11.1 Å². The molecule has 2 heterocycles. The maximum atomic E-state index is 9.41. The molecule has 14 heteroatoms. The number of hydrogen-bond acceptors (Lipinski definition) is 12. The lowest BCUT2D eigenvalue weighted by molar-refractivity contribution is -0.535. The molecule has 0 saturated heterocycles. The van der Waals surface area contributed by atoms with Gasteiger partial charge < -0.3 is 38.7 Å². The fraction of sp³-hybridized carbons (Fsp3) is 0.211. The van der Waals surface area contributed by atoms with E-state index >= 15 is 0 Å². The minimum atomic E-state index is -1.55. The van der Waals surface area contributed by atoms with Gasteiger partial charge in [-0.1, -0.05) is 48.5 Å². The molecule has 2 unspecified atom stereocenters. The number of carboxylic acids is 2. The third kappa shape index (κ3) is 8.71. The van der Waals surface area contributed by atoms with E-state index in [1.165, 1.54) is 11.1 Å². The third-order valence-corrected chi connectivity index (χ3v) is 8.37. The molecule has 14 nitrogen and oxygen atoms in total. The summed E-state index contributed by atoms with van der Waals surface area (Å²) in [6.07, 6.45) is 0.769. The number of rotatable bonds is 8. The highest BCUT2D eigenvalue weighted by Gasteiger charge is 2.31. The van der Waals surface area contributed by atoms with Gasteiger partial charge in [-0.2, -0.15) is 0 Å². The third-order valence-electron chi connectivity index (χ3n) is 8.37. The molecule has 6 rings (SSSR count). The number of benzene rings is 4. The monoisotopic (exact) mass is 710 g/mol. The highest BCUT2D eigenvalue weighted by Crippen LogP contribution is 2.39. The molecule has 52 heavy (non-hydrogen) atoms. The molecule has 0 radical (unpaired) electrons. The normalized spacial score (nSPS) is 15.7. The standard InChI is InChI=1S/2C17H19N3O2.C4H4O4/c2*1-20-16(11-8-9-14(21-2)15(10-11)22-3)12-6-4-5-7-13(12)19-17(20)18;5-3(6)1-2-4(7)8/h2*4-10,16H,1-3H3,(H2,18,19);1-2H,(H,5,6)(H,7,8)/b;;2-1+. The first-order chi connectivity index (χ1) is 24.9. The van der Waals surface area contributed by atoms with Gasteiger partial charge in [0.2, 0.25) is 0 Å². The lowest BCUT2D eigenvalue weighted by Gasteiger charge is -2.26. The summed E-state index contributed by atoms with van der Waals surface area (Å²) in [6.45, 7) is 0. The highest BCUT2D eigenvalue weighted by molar-refractivity contribution is 5.92. The van der Waals surface area contributed by atoms with Crippen molar-refractivity contribution in [3.8, 4) is 23.0 Å². The number of hydrogen-bond donors (Lipinski definition) is 4. The van der Waals surface area contributed by atoms with E-state index in [4.69, 9.17) is 30.4 Å². The van der Waals surface area contributed by atoms with Crippen LogP contribution in [0.25, 0.3) is 0 Å². The lowest BCUT2D eigenvalue weighted by atomic mass is 9.95. The lowest BCUT2D eigenvalue weighted by Crippen LogP contribution is -2.39. The van der Waals surface area contributed by atoms with Crippen LogP contribution in [-0.2, 0) is 9.59 Å². The quantitative estimate of drug-likeness (QED) is 0.152. The number of aliphatic carboxylic acids is 2. The Balaban J connectivity index is 0.000000193. The Bertz CT molecular complexity index is 1880. The summed E-state index contributed by atoms with van der Waals surface area (Å²) >= 11 is 0. The van der Waals surface area contributed by atoms with Gasteiger partial charge in [0.15, 0.2) is 23.0 Å². The number of carbonyl (C=O) groups excluding carboxylic acids is 2. The molecule has 0 bridgehead atoms. The van der Waals surface area contributed by atoms with Crippen molar-refractivity contribution < 1.29 is 47.9 Å². The Morgan fingerprint density at radius 2 is 0.942 bits per heavy atom. The van der Waals surface area contributed by atoms with E-state index < -0.39 is 11.9 Å². The molecule has 0 saturated carbocycles. The molecule has 272 valence electrons. The number of anilines is 2. The average molecular weight is 711 g/mol. The number of guanidine groups is 2. The van der Waals surface area contributed by atoms with Crippen LogP contribution in [0.5, 0.6) is 23.0 Å². The fourth-order valence-electron chi connectivity index (χ4n) is 5.83. The molecule has 0 spiro atoms. The van der Waals surface area contributed by atoms with Gasteiger partial charge in [-0.15, -0.1) is 0 Å². The van der Waals surface area contributed by atoms with Crippen LogP contribution in [0, 0.1) is 0 Å². The van der Waals surface area contributed by atoms with Crippen LogP contribution in [0.1, 0.15) is 34.3 Å². The molecule has 0 fully saturated rings. The van der Waals surface area contributed by atoms with Gasteiger partial charge in [0.1, 0.15) is 23.5 Å². The Labute approximate surface area is 301 Å². The van der Waals surface area contributed by atoms with Crippen molar-refractivity contribution in [2.75, 3.05) is 53.2 Å². The smallest absolute Gasteiger partial charge is 0.348 e. The van der Waals surface area contributed by atoms with Crippen molar-refractivity contribution in [2.24, 2.45) is 11.5 Å². The Morgan fingerprint density at radius 3 is 1.27 bits per heavy atom. The summed E-state index contributed by atoms with van der Waals surface area (Å²) in [5, 5.41) is 25.3. The van der Waals surface area contributed by atoms with E-state index in [1.54, 1.807) is 28.4 Å². The maximum absolute atomic E-state index is 9.41. The van der Waals surface area contributed by atoms with Crippen molar-refractivity contribution in [3.05, 3.63) is 119 Å². The zero-order chi connectivity index (χ0) is 37.9. The van der Waals surface area contributed by atoms with E-state index in [2.05, 4.69) is 22.8 Å². The predicted molar refractivity (Wildman–Crippen MR) is 193 cm³/mol. The zero-order valence-corrected chi connectivity index (χ0v) is 29.7. The fourth-order valence-corrected chi connectivity index (χ4v) is 5.83. The molecule has 6 N–H and O–H groups in total. The first-order valence-corrected chi connectivity index (χ1v) is 15.9. The van der Waals surface area contributed by atoms with Crippen molar-refractivity contribution in [1.29, 1.82) is 0 Å². The van der Waals surface area contributed by atoms with E-state index in [1.807, 2.05) is 96.0 Å². The second-order valence-electron chi connectivity index (χ2n) is 11.4. The summed E-state index contributed by atoms with van der Waals surface area (Å²) in [5.41, 5.74) is 18.8. The highest BCUT2D eigenvalue weighted by atomic mass is 16.5. The Kier molecular flexibility index (Phi) is 12.7. The van der Waals surface area contributed by atoms with Crippen LogP contribution in [0.2, 0.25) is 0 Å². The first kappa shape index (κ1) is 38.1. The number of nitrogens with zero attached hydrogens (tertiary/aromatic N) is 2. The number of nitrogens with two attached hydrogens (primary N) is 2. The topological polar surface area (TPSA) is 199 Å². The van der Waals surface area contributed by atoms with Crippen LogP contribution in [0.15, 0.2) is 97.1 Å². The summed E-state index contributed by atoms with van der Waals surface area (Å²) in [6, 6.07) is 28.3. The Hall–Kier alpha value is -6.70. The van der Waals surface area contributed by atoms with Crippen molar-refractivity contribution in [2.45, 2.75) is 12.1 Å². The molecule has 2 atom stereocenters. The Morgan fingerprint density at radius 1 is 0.596 bits per heavy atom. The van der Waals surface area contributed by atoms with Crippen LogP contribution in [0.4, 0.5) is 11.4 Å². The van der Waals surface area contributed by atoms with Gasteiger partial charge in [-0.05, 0) is 59.7 Å². The van der Waals surface area contributed by atoms with Crippen LogP contribution >= 0.6 is 0 Å². The molecular formula is C38H42N6O8. The number of carboxylic acid groups (broad SMARTS) is 2. The van der Waals surface area contributed by atoms with E-state index in [-0.39, 0.29) is 12.1 Å². The van der Waals surface area contributed by atoms with E-state index in [9.17, 15) is 19.8 Å². The molecule has 0 amide bonds. The second-order valence-corrected chi connectivity index (χ2v) is 11.4. The predicted octanol–water partition coefficient (Wildman–Crippen LogP) is 1.39. The minimum Gasteiger partial charge on any atom is -0.545 e.